The van der Waals surface area contributed by atoms with Crippen LogP contribution in [0, 0.1) is 5.82 Å². The minimum atomic E-state index is -0.415. The molecule has 98 valence electrons. The van der Waals surface area contributed by atoms with E-state index >= 15 is 0 Å². The zero-order valence-corrected chi connectivity index (χ0v) is 11.7. The van der Waals surface area contributed by atoms with E-state index in [-0.39, 0.29) is 10.6 Å². The van der Waals surface area contributed by atoms with Gasteiger partial charge in [0.2, 0.25) is 0 Å². The molecule has 1 heterocycles. The van der Waals surface area contributed by atoms with Crippen LogP contribution in [0.4, 0.5) is 15.2 Å². The summed E-state index contributed by atoms with van der Waals surface area (Å²) in [5.74, 6) is -0.415. The number of hydrogen-bond acceptors (Lipinski definition) is 4. The van der Waals surface area contributed by atoms with Crippen molar-refractivity contribution in [3.05, 3.63) is 40.2 Å². The molecule has 19 heavy (non-hydrogen) atoms. The Kier molecular flexibility index (Phi) is 3.20. The number of nitrogens with zero attached hydrogens (tertiary/aromatic N) is 1. The van der Waals surface area contributed by atoms with Gasteiger partial charge in [-0.1, -0.05) is 12.2 Å². The summed E-state index contributed by atoms with van der Waals surface area (Å²) in [6.07, 6.45) is 3.33. The van der Waals surface area contributed by atoms with Crippen molar-refractivity contribution in [2.45, 2.75) is 19.3 Å². The Balaban J connectivity index is 1.83. The molecule has 0 atom stereocenters. The van der Waals surface area contributed by atoms with E-state index in [0.717, 1.165) is 18.0 Å². The van der Waals surface area contributed by atoms with Gasteiger partial charge in [0.25, 0.3) is 0 Å². The molecule has 1 aromatic carbocycles. The number of rotatable bonds is 3. The van der Waals surface area contributed by atoms with E-state index in [1.165, 1.54) is 23.1 Å². The molecule has 0 fully saturated rings. The van der Waals surface area contributed by atoms with Gasteiger partial charge < -0.3 is 11.1 Å². The SMILES string of the molecule is NC(=S)c1ccc(Nc2nc3c(s2)CCC3)cc1F. The highest BCUT2D eigenvalue weighted by molar-refractivity contribution is 7.80. The van der Waals surface area contributed by atoms with Gasteiger partial charge in [-0.2, -0.15) is 0 Å². The van der Waals surface area contributed by atoms with Crippen LogP contribution in [0.25, 0.3) is 0 Å². The molecular weight excluding hydrogens is 281 g/mol. The number of halogens is 1. The fraction of sp³-hybridized carbons (Fsp3) is 0.231. The number of aromatic nitrogens is 1. The summed E-state index contributed by atoms with van der Waals surface area (Å²) in [6, 6.07) is 4.73. The molecule has 1 aliphatic rings. The molecule has 0 aliphatic heterocycles. The summed E-state index contributed by atoms with van der Waals surface area (Å²) in [5.41, 5.74) is 7.52. The lowest BCUT2D eigenvalue weighted by molar-refractivity contribution is 0.626. The van der Waals surface area contributed by atoms with Crippen LogP contribution in [0.15, 0.2) is 18.2 Å². The number of anilines is 2. The van der Waals surface area contributed by atoms with Crippen LogP contribution in [0.3, 0.4) is 0 Å². The number of hydrogen-bond donors (Lipinski definition) is 2. The molecule has 6 heteroatoms. The van der Waals surface area contributed by atoms with E-state index < -0.39 is 5.82 Å². The second-order valence-electron chi connectivity index (χ2n) is 4.43. The average molecular weight is 293 g/mol. The molecule has 0 amide bonds. The van der Waals surface area contributed by atoms with Crippen LogP contribution in [-0.4, -0.2) is 9.97 Å². The van der Waals surface area contributed by atoms with Crippen LogP contribution in [-0.2, 0) is 12.8 Å². The monoisotopic (exact) mass is 293 g/mol. The van der Waals surface area contributed by atoms with E-state index in [4.69, 9.17) is 18.0 Å². The fourth-order valence-corrected chi connectivity index (χ4v) is 3.40. The molecular formula is C13H12FN3S2. The third kappa shape index (κ3) is 2.46. The van der Waals surface area contributed by atoms with E-state index in [9.17, 15) is 4.39 Å². The van der Waals surface area contributed by atoms with Crippen molar-refractivity contribution >= 4 is 39.4 Å². The van der Waals surface area contributed by atoms with Gasteiger partial charge in [-0.05, 0) is 37.5 Å². The van der Waals surface area contributed by atoms with Crippen LogP contribution < -0.4 is 11.1 Å². The van der Waals surface area contributed by atoms with E-state index in [1.807, 2.05) is 0 Å². The maximum Gasteiger partial charge on any atom is 0.187 e. The van der Waals surface area contributed by atoms with Gasteiger partial charge in [0.1, 0.15) is 10.8 Å². The van der Waals surface area contributed by atoms with Crippen molar-refractivity contribution in [2.24, 2.45) is 5.73 Å². The highest BCUT2D eigenvalue weighted by Gasteiger charge is 2.16. The highest BCUT2D eigenvalue weighted by atomic mass is 32.1. The largest absolute Gasteiger partial charge is 0.389 e. The number of thiazole rings is 1. The Labute approximate surface area is 119 Å². The van der Waals surface area contributed by atoms with Crippen molar-refractivity contribution in [3.8, 4) is 0 Å². The van der Waals surface area contributed by atoms with Crippen LogP contribution in [0.5, 0.6) is 0 Å². The average Bonchev–Trinajstić information content (AvgIpc) is 2.89. The predicted molar refractivity (Wildman–Crippen MR) is 79.7 cm³/mol. The van der Waals surface area contributed by atoms with Crippen LogP contribution in [0.2, 0.25) is 0 Å². The lowest BCUT2D eigenvalue weighted by Crippen LogP contribution is -2.11. The summed E-state index contributed by atoms with van der Waals surface area (Å²) < 4.78 is 13.7. The lowest BCUT2D eigenvalue weighted by atomic mass is 10.2. The van der Waals surface area contributed by atoms with Gasteiger partial charge in [-0.3, -0.25) is 0 Å². The van der Waals surface area contributed by atoms with Gasteiger partial charge in [0.15, 0.2) is 5.13 Å². The number of nitrogens with two attached hydrogens (primary N) is 1. The Morgan fingerprint density at radius 2 is 2.26 bits per heavy atom. The maximum absolute atomic E-state index is 13.7. The Hall–Kier alpha value is -1.53. The standard InChI is InChI=1S/C13H12FN3S2/c14-9-6-7(4-5-8(9)12(15)18)16-13-17-10-2-1-3-11(10)19-13/h4-6H,1-3H2,(H2,15,18)(H,16,17). The number of thiocarbonyl (C=S) groups is 1. The van der Waals surface area contributed by atoms with Crippen LogP contribution >= 0.6 is 23.6 Å². The normalized spacial score (nSPS) is 13.3. The molecule has 0 radical (unpaired) electrons. The van der Waals surface area contributed by atoms with Crippen molar-refractivity contribution in [1.29, 1.82) is 0 Å². The molecule has 0 saturated heterocycles. The lowest BCUT2D eigenvalue weighted by Gasteiger charge is -2.05. The van der Waals surface area contributed by atoms with E-state index in [1.54, 1.807) is 23.5 Å². The first kappa shape index (κ1) is 12.5. The Morgan fingerprint density at radius 3 is 2.95 bits per heavy atom. The topological polar surface area (TPSA) is 50.9 Å². The molecule has 2 aromatic rings. The van der Waals surface area contributed by atoms with Crippen molar-refractivity contribution in [2.75, 3.05) is 5.32 Å². The molecule has 0 spiro atoms. The quantitative estimate of drug-likeness (QED) is 0.854. The highest BCUT2D eigenvalue weighted by Crippen LogP contribution is 2.32. The first-order chi connectivity index (χ1) is 9.13. The van der Waals surface area contributed by atoms with E-state index in [0.29, 0.717) is 5.69 Å². The minimum Gasteiger partial charge on any atom is -0.389 e. The third-order valence-electron chi connectivity index (χ3n) is 3.08. The molecule has 0 bridgehead atoms. The van der Waals surface area contributed by atoms with Crippen molar-refractivity contribution in [3.63, 3.8) is 0 Å². The first-order valence-electron chi connectivity index (χ1n) is 5.98. The molecule has 3 nitrogen and oxygen atoms in total. The second kappa shape index (κ2) is 4.86. The Bertz CT molecular complexity index is 630. The molecule has 1 aliphatic carbocycles. The number of nitrogens with one attached hydrogen (secondary N) is 1. The van der Waals surface area contributed by atoms with Gasteiger partial charge in [-0.15, -0.1) is 11.3 Å². The zero-order chi connectivity index (χ0) is 13.4. The van der Waals surface area contributed by atoms with E-state index in [2.05, 4.69) is 10.3 Å². The van der Waals surface area contributed by atoms with Gasteiger partial charge >= 0.3 is 0 Å². The summed E-state index contributed by atoms with van der Waals surface area (Å²) in [6.45, 7) is 0. The molecule has 3 N–H and O–H groups in total. The minimum absolute atomic E-state index is 0.0669. The van der Waals surface area contributed by atoms with Crippen molar-refractivity contribution < 1.29 is 4.39 Å². The summed E-state index contributed by atoms with van der Waals surface area (Å²) in [7, 11) is 0. The summed E-state index contributed by atoms with van der Waals surface area (Å²) in [4.78, 5) is 5.91. The molecule has 3 rings (SSSR count). The molecule has 0 unspecified atom stereocenters. The molecule has 1 aromatic heterocycles. The molecule has 0 saturated carbocycles. The number of benzene rings is 1. The van der Waals surface area contributed by atoms with Gasteiger partial charge in [0, 0.05) is 16.1 Å². The summed E-state index contributed by atoms with van der Waals surface area (Å²) >= 11 is 6.41. The van der Waals surface area contributed by atoms with Crippen LogP contribution in [0.1, 0.15) is 22.6 Å². The predicted octanol–water partition coefficient (Wildman–Crippen LogP) is 3.15. The third-order valence-corrected chi connectivity index (χ3v) is 4.37. The Morgan fingerprint density at radius 1 is 1.42 bits per heavy atom. The fourth-order valence-electron chi connectivity index (χ4n) is 2.16. The van der Waals surface area contributed by atoms with Crippen molar-refractivity contribution in [1.82, 2.24) is 4.98 Å². The van der Waals surface area contributed by atoms with Gasteiger partial charge in [-0.25, -0.2) is 9.37 Å². The second-order valence-corrected chi connectivity index (χ2v) is 5.95. The first-order valence-corrected chi connectivity index (χ1v) is 7.21. The number of fused-ring (bicyclic) bond motifs is 1. The maximum atomic E-state index is 13.7. The number of aryl methyl sites for hydroxylation is 2. The summed E-state index contributed by atoms with van der Waals surface area (Å²) in [5, 5.41) is 3.94. The van der Waals surface area contributed by atoms with Gasteiger partial charge in [0.05, 0.1) is 5.69 Å². The zero-order valence-electron chi connectivity index (χ0n) is 10.1. The smallest absolute Gasteiger partial charge is 0.187 e.